The SMILES string of the molecule is O=S(=O)(c1ccc(OCC2CO2)cc1)N(c1ccccc1)c1ccccc1. The third-order valence-electron chi connectivity index (χ3n) is 4.18. The lowest BCUT2D eigenvalue weighted by Crippen LogP contribution is -2.26. The first-order valence-electron chi connectivity index (χ1n) is 8.64. The van der Waals surface area contributed by atoms with Crippen LogP contribution in [-0.4, -0.2) is 27.7 Å². The Morgan fingerprint density at radius 2 is 1.37 bits per heavy atom. The van der Waals surface area contributed by atoms with Crippen molar-refractivity contribution in [3.63, 3.8) is 0 Å². The molecule has 0 aromatic heterocycles. The van der Waals surface area contributed by atoms with E-state index >= 15 is 0 Å². The molecule has 0 bridgehead atoms. The summed E-state index contributed by atoms with van der Waals surface area (Å²) >= 11 is 0. The Bertz CT molecular complexity index is 946. The van der Waals surface area contributed by atoms with E-state index in [-0.39, 0.29) is 11.0 Å². The van der Waals surface area contributed by atoms with E-state index in [0.717, 1.165) is 6.61 Å². The van der Waals surface area contributed by atoms with E-state index in [1.165, 1.54) is 4.31 Å². The van der Waals surface area contributed by atoms with Crippen LogP contribution in [0.4, 0.5) is 11.4 Å². The molecule has 1 heterocycles. The molecule has 0 aliphatic carbocycles. The van der Waals surface area contributed by atoms with Gasteiger partial charge in [-0.1, -0.05) is 36.4 Å². The summed E-state index contributed by atoms with van der Waals surface area (Å²) < 4.78 is 38.8. The molecule has 1 fully saturated rings. The summed E-state index contributed by atoms with van der Waals surface area (Å²) in [4.78, 5) is 0.199. The zero-order chi connectivity index (χ0) is 18.7. The van der Waals surface area contributed by atoms with Gasteiger partial charge >= 0.3 is 0 Å². The summed E-state index contributed by atoms with van der Waals surface area (Å²) in [6.45, 7) is 1.20. The van der Waals surface area contributed by atoms with Gasteiger partial charge in [-0.2, -0.15) is 0 Å². The van der Waals surface area contributed by atoms with Crippen LogP contribution in [-0.2, 0) is 14.8 Å². The van der Waals surface area contributed by atoms with E-state index in [0.29, 0.717) is 23.7 Å². The van der Waals surface area contributed by atoms with Crippen LogP contribution in [0.2, 0.25) is 0 Å². The maximum absolute atomic E-state index is 13.4. The molecular weight excluding hydrogens is 362 g/mol. The maximum atomic E-state index is 13.4. The highest BCUT2D eigenvalue weighted by Crippen LogP contribution is 2.32. The van der Waals surface area contributed by atoms with Crippen molar-refractivity contribution in [2.24, 2.45) is 0 Å². The topological polar surface area (TPSA) is 59.1 Å². The summed E-state index contributed by atoms with van der Waals surface area (Å²) in [6.07, 6.45) is 0.153. The van der Waals surface area contributed by atoms with Gasteiger partial charge in [0.05, 0.1) is 22.9 Å². The Morgan fingerprint density at radius 3 is 1.85 bits per heavy atom. The molecule has 3 aromatic carbocycles. The van der Waals surface area contributed by atoms with Gasteiger partial charge in [0, 0.05) is 0 Å². The van der Waals surface area contributed by atoms with Gasteiger partial charge in [0.15, 0.2) is 0 Å². The minimum atomic E-state index is -3.79. The normalized spacial score (nSPS) is 15.9. The number of ether oxygens (including phenoxy) is 2. The number of hydrogen-bond donors (Lipinski definition) is 0. The molecule has 0 spiro atoms. The molecule has 1 aliphatic heterocycles. The van der Waals surface area contributed by atoms with Crippen LogP contribution in [0.15, 0.2) is 89.8 Å². The van der Waals surface area contributed by atoms with Crippen molar-refractivity contribution in [1.82, 2.24) is 0 Å². The standard InChI is InChI=1S/C21H19NO4S/c23-27(24,21-13-11-19(12-14-21)25-15-20-16-26-20)22(17-7-3-1-4-8-17)18-9-5-2-6-10-18/h1-14,20H,15-16H2. The molecule has 4 rings (SSSR count). The maximum Gasteiger partial charge on any atom is 0.268 e. The number of para-hydroxylation sites is 2. The number of sulfonamides is 1. The number of rotatable bonds is 7. The molecule has 1 saturated heterocycles. The molecule has 1 unspecified atom stereocenters. The number of benzene rings is 3. The first kappa shape index (κ1) is 17.6. The van der Waals surface area contributed by atoms with Gasteiger partial charge in [-0.05, 0) is 48.5 Å². The van der Waals surface area contributed by atoms with Crippen molar-refractivity contribution >= 4 is 21.4 Å². The number of nitrogens with zero attached hydrogens (tertiary/aromatic N) is 1. The lowest BCUT2D eigenvalue weighted by atomic mass is 10.3. The molecule has 5 nitrogen and oxygen atoms in total. The van der Waals surface area contributed by atoms with Gasteiger partial charge in [0.25, 0.3) is 10.0 Å². The zero-order valence-electron chi connectivity index (χ0n) is 14.6. The smallest absolute Gasteiger partial charge is 0.268 e. The highest BCUT2D eigenvalue weighted by atomic mass is 32.2. The third kappa shape index (κ3) is 3.97. The summed E-state index contributed by atoms with van der Waals surface area (Å²) in [5.41, 5.74) is 1.16. The average molecular weight is 381 g/mol. The minimum absolute atomic E-state index is 0.153. The Morgan fingerprint density at radius 1 is 0.852 bits per heavy atom. The van der Waals surface area contributed by atoms with Crippen molar-refractivity contribution in [1.29, 1.82) is 0 Å². The second-order valence-electron chi connectivity index (χ2n) is 6.18. The largest absolute Gasteiger partial charge is 0.491 e. The van der Waals surface area contributed by atoms with Crippen LogP contribution in [0.1, 0.15) is 0 Å². The van der Waals surface area contributed by atoms with Crippen LogP contribution < -0.4 is 9.04 Å². The lowest BCUT2D eigenvalue weighted by molar-refractivity contribution is 0.263. The Kier molecular flexibility index (Phi) is 4.83. The average Bonchev–Trinajstić information content (AvgIpc) is 3.53. The fraction of sp³-hybridized carbons (Fsp3) is 0.143. The van der Waals surface area contributed by atoms with E-state index < -0.39 is 10.0 Å². The van der Waals surface area contributed by atoms with E-state index in [4.69, 9.17) is 9.47 Å². The first-order valence-corrected chi connectivity index (χ1v) is 10.1. The zero-order valence-corrected chi connectivity index (χ0v) is 15.4. The van der Waals surface area contributed by atoms with Crippen molar-refractivity contribution in [3.8, 4) is 5.75 Å². The molecule has 1 atom stereocenters. The molecule has 0 N–H and O–H groups in total. The predicted molar refractivity (Wildman–Crippen MR) is 104 cm³/mol. The van der Waals surface area contributed by atoms with Crippen LogP contribution in [0.5, 0.6) is 5.75 Å². The molecule has 6 heteroatoms. The van der Waals surface area contributed by atoms with Gasteiger partial charge in [-0.15, -0.1) is 0 Å². The lowest BCUT2D eigenvalue weighted by Gasteiger charge is -2.24. The molecule has 1 aliphatic rings. The van der Waals surface area contributed by atoms with E-state index in [1.807, 2.05) is 36.4 Å². The van der Waals surface area contributed by atoms with Crippen molar-refractivity contribution in [2.45, 2.75) is 11.0 Å². The molecule has 138 valence electrons. The highest BCUT2D eigenvalue weighted by Gasteiger charge is 2.27. The van der Waals surface area contributed by atoms with Crippen LogP contribution in [0, 0.1) is 0 Å². The summed E-state index contributed by atoms with van der Waals surface area (Å²) in [5.74, 6) is 0.621. The van der Waals surface area contributed by atoms with E-state index in [1.54, 1.807) is 48.5 Å². The van der Waals surface area contributed by atoms with Crippen LogP contribution >= 0.6 is 0 Å². The Hall–Kier alpha value is -2.83. The Balaban J connectivity index is 1.67. The summed E-state index contributed by atoms with van der Waals surface area (Å²) in [7, 11) is -3.79. The molecule has 0 saturated carbocycles. The Labute approximate surface area is 158 Å². The van der Waals surface area contributed by atoms with Crippen molar-refractivity contribution < 1.29 is 17.9 Å². The molecular formula is C21H19NO4S. The van der Waals surface area contributed by atoms with Crippen LogP contribution in [0.3, 0.4) is 0 Å². The first-order chi connectivity index (χ1) is 13.1. The summed E-state index contributed by atoms with van der Waals surface area (Å²) in [6, 6.07) is 24.6. The number of hydrogen-bond acceptors (Lipinski definition) is 4. The highest BCUT2D eigenvalue weighted by molar-refractivity contribution is 7.93. The van der Waals surface area contributed by atoms with Gasteiger partial charge in [0.2, 0.25) is 0 Å². The monoisotopic (exact) mass is 381 g/mol. The summed E-state index contributed by atoms with van der Waals surface area (Å²) in [5, 5.41) is 0. The quantitative estimate of drug-likeness (QED) is 0.581. The third-order valence-corrected chi connectivity index (χ3v) is 5.95. The number of epoxide rings is 1. The van der Waals surface area contributed by atoms with Gasteiger partial charge in [-0.25, -0.2) is 12.7 Å². The molecule has 0 radical (unpaired) electrons. The second-order valence-corrected chi connectivity index (χ2v) is 7.96. The van der Waals surface area contributed by atoms with Gasteiger partial charge < -0.3 is 9.47 Å². The number of anilines is 2. The van der Waals surface area contributed by atoms with E-state index in [9.17, 15) is 8.42 Å². The molecule has 0 amide bonds. The fourth-order valence-corrected chi connectivity index (χ4v) is 4.21. The van der Waals surface area contributed by atoms with Crippen molar-refractivity contribution in [2.75, 3.05) is 17.5 Å². The fourth-order valence-electron chi connectivity index (χ4n) is 2.72. The van der Waals surface area contributed by atoms with Gasteiger partial charge in [-0.3, -0.25) is 0 Å². The predicted octanol–water partition coefficient (Wildman–Crippen LogP) is 3.99. The minimum Gasteiger partial charge on any atom is -0.491 e. The van der Waals surface area contributed by atoms with Crippen LogP contribution in [0.25, 0.3) is 0 Å². The van der Waals surface area contributed by atoms with E-state index in [2.05, 4.69) is 0 Å². The molecule has 3 aromatic rings. The molecule has 27 heavy (non-hydrogen) atoms. The second kappa shape index (κ2) is 7.42. The van der Waals surface area contributed by atoms with Crippen molar-refractivity contribution in [3.05, 3.63) is 84.9 Å². The van der Waals surface area contributed by atoms with Gasteiger partial charge in [0.1, 0.15) is 18.5 Å².